The van der Waals surface area contributed by atoms with E-state index in [1.807, 2.05) is 16.9 Å². The number of carbonyl (C=O) groups is 1. The average molecular weight is 631 g/mol. The smallest absolute Gasteiger partial charge is 0.281 e. The average Bonchev–Trinajstić information content (AvgIpc) is 2.84. The van der Waals surface area contributed by atoms with E-state index in [0.29, 0.717) is 11.5 Å². The molecule has 3 aromatic rings. The molecule has 0 aliphatic heterocycles. The van der Waals surface area contributed by atoms with Gasteiger partial charge in [-0.15, -0.1) is 0 Å². The van der Waals surface area contributed by atoms with Gasteiger partial charge >= 0.3 is 0 Å². The SMILES string of the molecule is CC(C)C(NS(=O)(=O)c1ccc(Oc2ccc(I)cc2)cc1)(C(=O)NO)S(=O)(=O)c1cccnc1. The molecule has 0 aliphatic carbocycles. The van der Waals surface area contributed by atoms with Gasteiger partial charge in [-0.2, -0.15) is 4.72 Å². The molecule has 0 saturated carbocycles. The molecule has 10 nitrogen and oxygen atoms in total. The summed E-state index contributed by atoms with van der Waals surface area (Å²) in [5.41, 5.74) is 1.29. The van der Waals surface area contributed by atoms with Crippen molar-refractivity contribution < 1.29 is 31.6 Å². The highest BCUT2D eigenvalue weighted by atomic mass is 127. The normalized spacial score (nSPS) is 13.7. The van der Waals surface area contributed by atoms with Gasteiger partial charge in [-0.1, -0.05) is 13.8 Å². The molecule has 0 radical (unpaired) electrons. The summed E-state index contributed by atoms with van der Waals surface area (Å²) in [5, 5.41) is 9.36. The molecule has 1 heterocycles. The highest BCUT2D eigenvalue weighted by Crippen LogP contribution is 2.33. The van der Waals surface area contributed by atoms with E-state index < -0.39 is 41.5 Å². The van der Waals surface area contributed by atoms with Crippen molar-refractivity contribution in [3.63, 3.8) is 0 Å². The molecule has 0 aliphatic rings. The first-order valence-electron chi connectivity index (χ1n) is 10.1. The van der Waals surface area contributed by atoms with Crippen LogP contribution in [0.4, 0.5) is 0 Å². The van der Waals surface area contributed by atoms with Crippen LogP contribution in [0.15, 0.2) is 82.8 Å². The second kappa shape index (κ2) is 10.6. The van der Waals surface area contributed by atoms with E-state index in [1.54, 1.807) is 12.1 Å². The zero-order valence-corrected chi connectivity index (χ0v) is 22.3. The molecule has 0 spiro atoms. The van der Waals surface area contributed by atoms with E-state index in [4.69, 9.17) is 4.74 Å². The number of aromatic nitrogens is 1. The molecule has 186 valence electrons. The highest BCUT2D eigenvalue weighted by Gasteiger charge is 2.56. The first kappa shape index (κ1) is 27.0. The summed E-state index contributed by atoms with van der Waals surface area (Å²) in [6, 6.07) is 14.9. The van der Waals surface area contributed by atoms with Crippen LogP contribution in [0.1, 0.15) is 13.8 Å². The van der Waals surface area contributed by atoms with Crippen LogP contribution in [-0.2, 0) is 24.7 Å². The van der Waals surface area contributed by atoms with Gasteiger partial charge in [0.1, 0.15) is 11.5 Å². The van der Waals surface area contributed by atoms with Crippen LogP contribution in [0.25, 0.3) is 0 Å². The number of pyridine rings is 1. The molecule has 1 unspecified atom stereocenters. The summed E-state index contributed by atoms with van der Waals surface area (Å²) in [5.74, 6) is -1.71. The topological polar surface area (TPSA) is 152 Å². The Bertz CT molecular complexity index is 1400. The second-order valence-corrected chi connectivity index (χ2v) is 12.7. The van der Waals surface area contributed by atoms with E-state index in [9.17, 15) is 26.8 Å². The summed E-state index contributed by atoms with van der Waals surface area (Å²) < 4.78 is 62.3. The van der Waals surface area contributed by atoms with Crippen LogP contribution >= 0.6 is 22.6 Å². The molecule has 13 heteroatoms. The van der Waals surface area contributed by atoms with Crippen molar-refractivity contribution in [1.29, 1.82) is 0 Å². The Balaban J connectivity index is 2.01. The largest absolute Gasteiger partial charge is 0.457 e. The van der Waals surface area contributed by atoms with Crippen molar-refractivity contribution >= 4 is 48.4 Å². The first-order valence-corrected chi connectivity index (χ1v) is 14.1. The number of nitrogens with zero attached hydrogens (tertiary/aromatic N) is 1. The standard InChI is InChI=1S/C22H22IN3O7S2/c1-15(2)22(21(27)25-28,34(29,30)20-4-3-13-24-14-20)26-35(31,32)19-11-9-18(10-12-19)33-17-7-5-16(23)6-8-17/h3-15,26,28H,1-2H3,(H,25,27). The van der Waals surface area contributed by atoms with Crippen LogP contribution in [0, 0.1) is 9.49 Å². The zero-order valence-electron chi connectivity index (χ0n) is 18.5. The molecule has 35 heavy (non-hydrogen) atoms. The lowest BCUT2D eigenvalue weighted by atomic mass is 10.0. The molecule has 0 saturated heterocycles. The molecule has 2 aromatic carbocycles. The van der Waals surface area contributed by atoms with Crippen LogP contribution in [0.5, 0.6) is 11.5 Å². The van der Waals surface area contributed by atoms with E-state index in [1.165, 1.54) is 61.9 Å². The number of hydrogen-bond donors (Lipinski definition) is 3. The van der Waals surface area contributed by atoms with Crippen LogP contribution in [0.3, 0.4) is 0 Å². The number of amides is 1. The molecule has 1 atom stereocenters. The van der Waals surface area contributed by atoms with E-state index in [0.717, 1.165) is 9.77 Å². The molecule has 0 fully saturated rings. The second-order valence-electron chi connectivity index (χ2n) is 7.66. The third-order valence-corrected chi connectivity index (χ3v) is 9.89. The Morgan fingerprint density at radius 2 is 1.54 bits per heavy atom. The van der Waals surface area contributed by atoms with Crippen molar-refractivity contribution in [2.24, 2.45) is 5.92 Å². The summed E-state index contributed by atoms with van der Waals surface area (Å²) in [6.45, 7) is 2.67. The van der Waals surface area contributed by atoms with E-state index in [2.05, 4.69) is 27.6 Å². The number of sulfone groups is 1. The number of rotatable bonds is 9. The number of nitrogens with one attached hydrogen (secondary N) is 2. The Labute approximate surface area is 216 Å². The maximum Gasteiger partial charge on any atom is 0.281 e. The van der Waals surface area contributed by atoms with Crippen molar-refractivity contribution in [1.82, 2.24) is 15.2 Å². The minimum atomic E-state index is -4.72. The lowest BCUT2D eigenvalue weighted by molar-refractivity contribution is -0.133. The lowest BCUT2D eigenvalue weighted by Crippen LogP contribution is -2.65. The number of hydrogen-bond acceptors (Lipinski definition) is 8. The Morgan fingerprint density at radius 1 is 0.971 bits per heavy atom. The third kappa shape index (κ3) is 5.48. The fraction of sp³-hybridized carbons (Fsp3) is 0.182. The van der Waals surface area contributed by atoms with Gasteiger partial charge in [0.25, 0.3) is 5.91 Å². The maximum atomic E-state index is 13.5. The number of ether oxygens (including phenoxy) is 1. The number of benzene rings is 2. The van der Waals surface area contributed by atoms with E-state index in [-0.39, 0.29) is 4.90 Å². The minimum Gasteiger partial charge on any atom is -0.457 e. The fourth-order valence-corrected chi connectivity index (χ4v) is 7.48. The predicted octanol–water partition coefficient (Wildman–Crippen LogP) is 3.09. The Hall–Kier alpha value is -2.59. The summed E-state index contributed by atoms with van der Waals surface area (Å²) in [4.78, 5) is 13.0. The van der Waals surface area contributed by atoms with Crippen molar-refractivity contribution in [3.05, 3.63) is 76.6 Å². The summed E-state index contributed by atoms with van der Waals surface area (Å²) in [6.07, 6.45) is 2.31. The molecule has 3 rings (SSSR count). The molecular formula is C22H22IN3O7S2. The van der Waals surface area contributed by atoms with Crippen LogP contribution < -0.4 is 14.9 Å². The van der Waals surface area contributed by atoms with Gasteiger partial charge in [-0.3, -0.25) is 15.0 Å². The van der Waals surface area contributed by atoms with E-state index >= 15 is 0 Å². The first-order chi connectivity index (χ1) is 16.4. The van der Waals surface area contributed by atoms with Crippen molar-refractivity contribution in [2.75, 3.05) is 0 Å². The Morgan fingerprint density at radius 3 is 2.03 bits per heavy atom. The van der Waals surface area contributed by atoms with Crippen molar-refractivity contribution in [2.45, 2.75) is 28.5 Å². The number of hydroxylamine groups is 1. The Kier molecular flexibility index (Phi) is 8.16. The molecule has 1 aromatic heterocycles. The van der Waals surface area contributed by atoms with Gasteiger partial charge in [0.05, 0.1) is 9.79 Å². The lowest BCUT2D eigenvalue weighted by Gasteiger charge is -2.34. The predicted molar refractivity (Wildman–Crippen MR) is 135 cm³/mol. The summed E-state index contributed by atoms with van der Waals surface area (Å²) >= 11 is 2.15. The third-order valence-electron chi connectivity index (χ3n) is 5.09. The highest BCUT2D eigenvalue weighted by molar-refractivity contribution is 14.1. The van der Waals surface area contributed by atoms with Gasteiger partial charge in [-0.25, -0.2) is 22.3 Å². The number of sulfonamides is 1. The quantitative estimate of drug-likeness (QED) is 0.185. The maximum absolute atomic E-state index is 13.5. The minimum absolute atomic E-state index is 0.315. The van der Waals surface area contributed by atoms with Crippen LogP contribution in [0.2, 0.25) is 0 Å². The fourth-order valence-electron chi connectivity index (χ4n) is 3.27. The zero-order chi connectivity index (χ0) is 25.9. The monoisotopic (exact) mass is 631 g/mol. The van der Waals surface area contributed by atoms with Crippen LogP contribution in [-0.4, -0.2) is 37.8 Å². The molecule has 1 amide bonds. The number of halogens is 1. The van der Waals surface area contributed by atoms with Gasteiger partial charge in [0.2, 0.25) is 24.7 Å². The van der Waals surface area contributed by atoms with Gasteiger partial charge in [0.15, 0.2) is 0 Å². The number of carbonyl (C=O) groups excluding carboxylic acids is 1. The summed E-state index contributed by atoms with van der Waals surface area (Å²) in [7, 11) is -9.30. The molecule has 0 bridgehead atoms. The van der Waals surface area contributed by atoms with Gasteiger partial charge < -0.3 is 4.74 Å². The molecule has 3 N–H and O–H groups in total. The molecular weight excluding hydrogens is 609 g/mol. The van der Waals surface area contributed by atoms with Crippen molar-refractivity contribution in [3.8, 4) is 11.5 Å². The van der Waals surface area contributed by atoms with Gasteiger partial charge in [-0.05, 0) is 89.2 Å². The van der Waals surface area contributed by atoms with Gasteiger partial charge in [0, 0.05) is 16.0 Å².